The van der Waals surface area contributed by atoms with Crippen LogP contribution in [0.4, 0.5) is 13.2 Å². The number of alkyl halides is 3. The van der Waals surface area contributed by atoms with E-state index in [9.17, 15) is 18.0 Å². The predicted molar refractivity (Wildman–Crippen MR) is 133 cm³/mol. The lowest BCUT2D eigenvalue weighted by molar-refractivity contribution is -0.137. The summed E-state index contributed by atoms with van der Waals surface area (Å²) in [5.74, 6) is -0.604. The summed E-state index contributed by atoms with van der Waals surface area (Å²) in [5, 5.41) is -0.222. The summed E-state index contributed by atoms with van der Waals surface area (Å²) < 4.78 is 40.0. The molecular formula is C24H24ClF3N6O. The first-order valence-corrected chi connectivity index (χ1v) is 10.6. The van der Waals surface area contributed by atoms with Crippen molar-refractivity contribution in [3.63, 3.8) is 0 Å². The molecular weight excluding hydrogens is 481 g/mol. The average Bonchev–Trinajstić information content (AvgIpc) is 2.81. The molecule has 1 atom stereocenters. The molecule has 0 heterocycles. The lowest BCUT2D eigenvalue weighted by Crippen LogP contribution is -2.42. The molecule has 4 N–H and O–H groups in total. The Morgan fingerprint density at radius 2 is 1.86 bits per heavy atom. The smallest absolute Gasteiger partial charge is 0.405 e. The molecule has 0 aromatic heterocycles. The third-order valence-corrected chi connectivity index (χ3v) is 4.86. The Morgan fingerprint density at radius 1 is 1.17 bits per heavy atom. The van der Waals surface area contributed by atoms with E-state index in [-0.39, 0.29) is 28.8 Å². The molecule has 7 nitrogen and oxygen atoms in total. The molecule has 2 aromatic rings. The maximum absolute atomic E-state index is 13.5. The highest BCUT2D eigenvalue weighted by Crippen LogP contribution is 2.32. The molecule has 2 aromatic carbocycles. The fourth-order valence-electron chi connectivity index (χ4n) is 2.99. The third kappa shape index (κ3) is 8.11. The Labute approximate surface area is 206 Å². The molecule has 0 saturated heterocycles. The van der Waals surface area contributed by atoms with Gasteiger partial charge in [0.1, 0.15) is 5.82 Å². The Hall–Kier alpha value is -3.92. The SMILES string of the molecule is C=C(N=C/C=C\N)N=C(N=CN)C(C)N(Cc1ccccc1)C(=O)c1cc(Cl)cc(C(F)(F)F)c1. The highest BCUT2D eigenvalue weighted by atomic mass is 35.5. The molecule has 0 spiro atoms. The van der Waals surface area contributed by atoms with E-state index in [0.29, 0.717) is 0 Å². The summed E-state index contributed by atoms with van der Waals surface area (Å²) in [5.41, 5.74) is 10.2. The zero-order chi connectivity index (χ0) is 26.0. The number of allylic oxidation sites excluding steroid dienone is 1. The maximum Gasteiger partial charge on any atom is 0.416 e. The minimum absolute atomic E-state index is 0.0411. The number of amides is 1. The van der Waals surface area contributed by atoms with Crippen LogP contribution in [-0.4, -0.2) is 35.2 Å². The Balaban J connectivity index is 2.55. The first kappa shape index (κ1) is 27.3. The molecule has 11 heteroatoms. The minimum Gasteiger partial charge on any atom is -0.405 e. The first-order valence-electron chi connectivity index (χ1n) is 10.2. The van der Waals surface area contributed by atoms with E-state index in [0.717, 1.165) is 24.0 Å². The quantitative estimate of drug-likeness (QED) is 0.398. The van der Waals surface area contributed by atoms with E-state index in [4.69, 9.17) is 23.1 Å². The summed E-state index contributed by atoms with van der Waals surface area (Å²) in [6, 6.07) is 10.8. The van der Waals surface area contributed by atoms with Crippen LogP contribution in [0, 0.1) is 0 Å². The van der Waals surface area contributed by atoms with Crippen LogP contribution in [0.5, 0.6) is 0 Å². The second kappa shape index (κ2) is 12.5. The standard InChI is InChI=1S/C24H24ClF3N6O/c1-16(22(32-15-30)33-17(2)31-10-6-9-29)34(14-18-7-4-3-5-8-18)23(35)19-11-20(24(26,27)28)13-21(25)12-19/h3-13,15-16H,2,14,29H2,1H3,(H2,30,32,33)/b9-6-,31-10?. The Morgan fingerprint density at radius 3 is 2.46 bits per heavy atom. The van der Waals surface area contributed by atoms with Gasteiger partial charge in [-0.25, -0.2) is 15.0 Å². The maximum atomic E-state index is 13.5. The molecule has 0 radical (unpaired) electrons. The van der Waals surface area contributed by atoms with Crippen LogP contribution in [0.3, 0.4) is 0 Å². The van der Waals surface area contributed by atoms with Crippen molar-refractivity contribution in [2.45, 2.75) is 25.7 Å². The normalized spacial score (nSPS) is 13.6. The van der Waals surface area contributed by atoms with Crippen molar-refractivity contribution in [1.29, 1.82) is 0 Å². The number of hydrogen-bond donors (Lipinski definition) is 2. The lowest BCUT2D eigenvalue weighted by Gasteiger charge is -2.29. The van der Waals surface area contributed by atoms with Gasteiger partial charge in [0.2, 0.25) is 0 Å². The fourth-order valence-corrected chi connectivity index (χ4v) is 3.23. The van der Waals surface area contributed by atoms with E-state index in [2.05, 4.69) is 21.6 Å². The summed E-state index contributed by atoms with van der Waals surface area (Å²) in [6.45, 7) is 5.36. The Kier molecular flexibility index (Phi) is 9.77. The number of hydrogen-bond acceptors (Lipinski definition) is 4. The van der Waals surface area contributed by atoms with Gasteiger partial charge in [0, 0.05) is 23.3 Å². The van der Waals surface area contributed by atoms with Crippen molar-refractivity contribution in [1.82, 2.24) is 4.90 Å². The number of nitrogens with zero attached hydrogens (tertiary/aromatic N) is 4. The first-order chi connectivity index (χ1) is 16.6. The number of carbonyl (C=O) groups is 1. The molecule has 184 valence electrons. The molecule has 1 amide bonds. The van der Waals surface area contributed by atoms with Crippen LogP contribution in [0.1, 0.15) is 28.4 Å². The number of carbonyl (C=O) groups excluding carboxylic acids is 1. The predicted octanol–water partition coefficient (Wildman–Crippen LogP) is 4.79. The van der Waals surface area contributed by atoms with Gasteiger partial charge in [0.05, 0.1) is 17.9 Å². The molecule has 0 aliphatic carbocycles. The molecule has 0 aliphatic heterocycles. The van der Waals surface area contributed by atoms with Crippen molar-refractivity contribution in [3.05, 3.63) is 94.9 Å². The van der Waals surface area contributed by atoms with E-state index in [1.54, 1.807) is 37.3 Å². The van der Waals surface area contributed by atoms with Crippen LogP contribution in [0.15, 0.2) is 88.2 Å². The van der Waals surface area contributed by atoms with Gasteiger partial charge in [-0.05, 0) is 43.0 Å². The van der Waals surface area contributed by atoms with Gasteiger partial charge in [0.15, 0.2) is 5.84 Å². The average molecular weight is 505 g/mol. The van der Waals surface area contributed by atoms with Crippen LogP contribution < -0.4 is 11.5 Å². The molecule has 1 unspecified atom stereocenters. The number of rotatable bonds is 8. The van der Waals surface area contributed by atoms with Crippen molar-refractivity contribution in [2.75, 3.05) is 0 Å². The number of amidine groups is 1. The summed E-state index contributed by atoms with van der Waals surface area (Å²) in [4.78, 5) is 27.1. The van der Waals surface area contributed by atoms with Gasteiger partial charge in [-0.15, -0.1) is 0 Å². The van der Waals surface area contributed by atoms with E-state index in [1.807, 2.05) is 0 Å². The fraction of sp³-hybridized carbons (Fsp3) is 0.167. The third-order valence-electron chi connectivity index (χ3n) is 4.64. The van der Waals surface area contributed by atoms with Gasteiger partial charge in [0.25, 0.3) is 5.91 Å². The molecule has 0 fully saturated rings. The van der Waals surface area contributed by atoms with E-state index in [1.165, 1.54) is 29.5 Å². The largest absolute Gasteiger partial charge is 0.416 e. The zero-order valence-electron chi connectivity index (χ0n) is 18.8. The molecule has 35 heavy (non-hydrogen) atoms. The number of aliphatic imine (C=N–C) groups is 3. The lowest BCUT2D eigenvalue weighted by atomic mass is 10.1. The van der Waals surface area contributed by atoms with Gasteiger partial charge in [-0.3, -0.25) is 4.79 Å². The highest BCUT2D eigenvalue weighted by Gasteiger charge is 2.33. The molecule has 0 saturated carbocycles. The van der Waals surface area contributed by atoms with Gasteiger partial charge in [-0.1, -0.05) is 48.5 Å². The van der Waals surface area contributed by atoms with Crippen molar-refractivity contribution in [3.8, 4) is 0 Å². The Bertz CT molecular complexity index is 1160. The van der Waals surface area contributed by atoms with Crippen LogP contribution >= 0.6 is 11.6 Å². The van der Waals surface area contributed by atoms with Crippen molar-refractivity contribution in [2.24, 2.45) is 26.4 Å². The van der Waals surface area contributed by atoms with Crippen LogP contribution in [0.2, 0.25) is 5.02 Å². The van der Waals surface area contributed by atoms with Crippen LogP contribution in [-0.2, 0) is 12.7 Å². The number of benzene rings is 2. The summed E-state index contributed by atoms with van der Waals surface area (Å²) >= 11 is 5.91. The molecule has 2 rings (SSSR count). The number of nitrogens with two attached hydrogens (primary N) is 2. The van der Waals surface area contributed by atoms with E-state index >= 15 is 0 Å². The molecule has 0 aliphatic rings. The molecule has 0 bridgehead atoms. The van der Waals surface area contributed by atoms with Crippen molar-refractivity contribution >= 4 is 35.9 Å². The summed E-state index contributed by atoms with van der Waals surface area (Å²) in [7, 11) is 0. The van der Waals surface area contributed by atoms with Gasteiger partial charge >= 0.3 is 6.18 Å². The van der Waals surface area contributed by atoms with E-state index < -0.39 is 23.7 Å². The second-order valence-electron chi connectivity index (χ2n) is 7.15. The topological polar surface area (TPSA) is 109 Å². The minimum atomic E-state index is -4.68. The highest BCUT2D eigenvalue weighted by molar-refractivity contribution is 6.31. The van der Waals surface area contributed by atoms with Gasteiger partial charge < -0.3 is 16.4 Å². The number of halogens is 4. The van der Waals surface area contributed by atoms with Crippen LogP contribution in [0.25, 0.3) is 0 Å². The zero-order valence-corrected chi connectivity index (χ0v) is 19.5. The van der Waals surface area contributed by atoms with Crippen molar-refractivity contribution < 1.29 is 18.0 Å². The monoisotopic (exact) mass is 504 g/mol. The summed E-state index contributed by atoms with van der Waals surface area (Å²) in [6.07, 6.45) is 0.386. The van der Waals surface area contributed by atoms with Gasteiger partial charge in [-0.2, -0.15) is 13.2 Å². The second-order valence-corrected chi connectivity index (χ2v) is 7.58.